The summed E-state index contributed by atoms with van der Waals surface area (Å²) in [4.78, 5) is 30.8. The van der Waals surface area contributed by atoms with Gasteiger partial charge < -0.3 is 16.0 Å². The Labute approximate surface area is 239 Å². The average molecular weight is 666 g/mol. The molecule has 0 bridgehead atoms. The maximum Gasteiger partial charge on any atom is 0.416 e. The van der Waals surface area contributed by atoms with Crippen molar-refractivity contribution >= 4 is 45.9 Å². The van der Waals surface area contributed by atoms with Gasteiger partial charge in [0.25, 0.3) is 0 Å². The lowest BCUT2D eigenvalue weighted by Gasteiger charge is -2.35. The zero-order chi connectivity index (χ0) is 28.9. The van der Waals surface area contributed by atoms with E-state index >= 15 is 0 Å². The van der Waals surface area contributed by atoms with Crippen LogP contribution in [0.4, 0.5) is 38.1 Å². The number of benzene rings is 3. The summed E-state index contributed by atoms with van der Waals surface area (Å²) >= 11 is 1.96. The molecule has 1 aromatic heterocycles. The topological polar surface area (TPSA) is 83.1 Å². The van der Waals surface area contributed by atoms with E-state index in [2.05, 4.69) is 20.9 Å². The molecular weight excluding hydrogens is 646 g/mol. The van der Waals surface area contributed by atoms with Gasteiger partial charge in [0.2, 0.25) is 5.91 Å². The molecule has 3 N–H and O–H groups in total. The predicted octanol–water partition coefficient (Wildman–Crippen LogP) is 7.08. The summed E-state index contributed by atoms with van der Waals surface area (Å²) in [6.45, 7) is 0. The number of aromatic nitrogens is 1. The number of nitrogens with zero attached hydrogens (tertiary/aromatic N) is 1. The summed E-state index contributed by atoms with van der Waals surface area (Å²) < 4.78 is 70.3. The second-order valence-corrected chi connectivity index (χ2v) is 9.92. The Morgan fingerprint density at radius 2 is 1.48 bits per heavy atom. The Morgan fingerprint density at radius 3 is 2.12 bits per heavy atom. The lowest BCUT2D eigenvalue weighted by Crippen LogP contribution is -2.51. The minimum absolute atomic E-state index is 0.0333. The fraction of sp³-hybridized carbons (Fsp3) is 0.107. The molecule has 12 heteroatoms. The lowest BCUT2D eigenvalue weighted by atomic mass is 9.81. The smallest absolute Gasteiger partial charge is 0.326 e. The Hall–Kier alpha value is -4.07. The number of amides is 3. The van der Waals surface area contributed by atoms with Gasteiger partial charge in [-0.2, -0.15) is 13.2 Å². The molecule has 40 heavy (non-hydrogen) atoms. The molecular formula is C28H20F5IN4O2. The molecule has 0 aliphatic carbocycles. The van der Waals surface area contributed by atoms with Gasteiger partial charge in [0, 0.05) is 21.1 Å². The molecule has 1 heterocycles. The molecule has 4 rings (SSSR count). The van der Waals surface area contributed by atoms with Crippen LogP contribution in [0.2, 0.25) is 0 Å². The molecule has 0 spiro atoms. The summed E-state index contributed by atoms with van der Waals surface area (Å²) in [5.41, 5.74) is -3.42. The largest absolute Gasteiger partial charge is 0.416 e. The number of para-hydroxylation sites is 1. The van der Waals surface area contributed by atoms with Gasteiger partial charge in [0.1, 0.15) is 17.2 Å². The van der Waals surface area contributed by atoms with Gasteiger partial charge in [-0.25, -0.2) is 13.6 Å². The molecule has 0 saturated heterocycles. The Balaban J connectivity index is 1.86. The first kappa shape index (κ1) is 28.9. The molecule has 0 aliphatic heterocycles. The lowest BCUT2D eigenvalue weighted by molar-refractivity contribution is -0.137. The van der Waals surface area contributed by atoms with Gasteiger partial charge in [-0.15, -0.1) is 0 Å². The molecule has 4 aromatic rings. The molecule has 6 nitrogen and oxygen atoms in total. The minimum atomic E-state index is -4.93. The Bertz CT molecular complexity index is 1520. The Kier molecular flexibility index (Phi) is 8.67. The van der Waals surface area contributed by atoms with Gasteiger partial charge in [-0.05, 0) is 88.8 Å². The van der Waals surface area contributed by atoms with E-state index < -0.39 is 47.3 Å². The molecule has 0 aliphatic rings. The van der Waals surface area contributed by atoms with E-state index in [-0.39, 0.29) is 16.9 Å². The number of urea groups is 1. The van der Waals surface area contributed by atoms with Crippen LogP contribution in [0.3, 0.4) is 0 Å². The second-order valence-electron chi connectivity index (χ2n) is 8.67. The van der Waals surface area contributed by atoms with Crippen molar-refractivity contribution in [3.63, 3.8) is 0 Å². The summed E-state index contributed by atoms with van der Waals surface area (Å²) in [6, 6.07) is 16.9. The van der Waals surface area contributed by atoms with Crippen LogP contribution in [0.25, 0.3) is 0 Å². The van der Waals surface area contributed by atoms with E-state index in [4.69, 9.17) is 0 Å². The SMILES string of the molecule is O=C(C[C@](NC(=O)Nc1cccc(F)c1)(c1cc(F)cc(C(F)(F)F)c1)c1ccc(I)cn1)Nc1ccccc1. The number of alkyl halides is 3. The highest BCUT2D eigenvalue weighted by atomic mass is 127. The average Bonchev–Trinajstić information content (AvgIpc) is 2.88. The number of rotatable bonds is 7. The van der Waals surface area contributed by atoms with E-state index in [9.17, 15) is 31.5 Å². The molecule has 0 radical (unpaired) electrons. The summed E-state index contributed by atoms with van der Waals surface area (Å²) in [5.74, 6) is -2.60. The van der Waals surface area contributed by atoms with Crippen molar-refractivity contribution in [3.05, 3.63) is 123 Å². The number of hydrogen-bond donors (Lipinski definition) is 3. The van der Waals surface area contributed by atoms with E-state index in [0.717, 1.165) is 18.2 Å². The van der Waals surface area contributed by atoms with Crippen molar-refractivity contribution in [1.82, 2.24) is 10.3 Å². The Morgan fingerprint density at radius 1 is 0.775 bits per heavy atom. The van der Waals surface area contributed by atoms with Crippen molar-refractivity contribution in [2.45, 2.75) is 18.1 Å². The third-order valence-corrected chi connectivity index (χ3v) is 6.41. The highest BCUT2D eigenvalue weighted by Gasteiger charge is 2.42. The van der Waals surface area contributed by atoms with Gasteiger partial charge in [0.05, 0.1) is 17.7 Å². The van der Waals surface area contributed by atoms with Crippen LogP contribution in [0.15, 0.2) is 91.1 Å². The molecule has 0 unspecified atom stereocenters. The normalized spacial score (nSPS) is 12.8. The number of halogens is 6. The third kappa shape index (κ3) is 7.11. The third-order valence-electron chi connectivity index (χ3n) is 5.78. The van der Waals surface area contributed by atoms with Crippen LogP contribution in [0.5, 0.6) is 0 Å². The first-order chi connectivity index (χ1) is 18.9. The van der Waals surface area contributed by atoms with Crippen LogP contribution in [0.1, 0.15) is 23.2 Å². The molecule has 0 fully saturated rings. The maximum absolute atomic E-state index is 14.7. The number of anilines is 2. The highest BCUT2D eigenvalue weighted by molar-refractivity contribution is 14.1. The molecule has 3 amide bonds. The van der Waals surface area contributed by atoms with Gasteiger partial charge in [0.15, 0.2) is 0 Å². The van der Waals surface area contributed by atoms with Crippen LogP contribution in [0, 0.1) is 15.2 Å². The first-order valence-corrected chi connectivity index (χ1v) is 12.7. The van der Waals surface area contributed by atoms with E-state index in [0.29, 0.717) is 21.4 Å². The zero-order valence-corrected chi connectivity index (χ0v) is 22.6. The predicted molar refractivity (Wildman–Crippen MR) is 147 cm³/mol. The number of hydrogen-bond acceptors (Lipinski definition) is 3. The monoisotopic (exact) mass is 666 g/mol. The number of pyridine rings is 1. The highest BCUT2D eigenvalue weighted by Crippen LogP contribution is 2.38. The van der Waals surface area contributed by atoms with Crippen LogP contribution < -0.4 is 16.0 Å². The molecule has 206 valence electrons. The first-order valence-electron chi connectivity index (χ1n) is 11.6. The standard InChI is InChI=1S/C28H20F5IN4O2/c29-19-5-4-8-23(14-19)37-26(40)38-27(24-10-9-21(34)16-35-24,15-25(39)36-22-6-2-1-3-7-22)17-11-18(28(31,32)33)13-20(30)12-17/h1-14,16H,15H2,(H,36,39)(H2,37,38,40)/t27-/m0/s1. The van der Waals surface area contributed by atoms with E-state index in [1.54, 1.807) is 36.4 Å². The van der Waals surface area contributed by atoms with Gasteiger partial charge in [-0.1, -0.05) is 24.3 Å². The molecule has 1 atom stereocenters. The zero-order valence-electron chi connectivity index (χ0n) is 20.4. The van der Waals surface area contributed by atoms with Gasteiger partial charge >= 0.3 is 12.2 Å². The fourth-order valence-electron chi connectivity index (χ4n) is 4.04. The van der Waals surface area contributed by atoms with Crippen molar-refractivity contribution < 1.29 is 31.5 Å². The van der Waals surface area contributed by atoms with E-state index in [1.165, 1.54) is 24.4 Å². The summed E-state index contributed by atoms with van der Waals surface area (Å²) in [5, 5.41) is 7.58. The van der Waals surface area contributed by atoms with Crippen molar-refractivity contribution in [2.75, 3.05) is 10.6 Å². The van der Waals surface area contributed by atoms with Crippen LogP contribution in [-0.4, -0.2) is 16.9 Å². The molecule has 0 saturated carbocycles. The van der Waals surface area contributed by atoms with Crippen molar-refractivity contribution in [2.24, 2.45) is 0 Å². The van der Waals surface area contributed by atoms with Crippen LogP contribution in [-0.2, 0) is 16.5 Å². The van der Waals surface area contributed by atoms with E-state index in [1.807, 2.05) is 22.6 Å². The van der Waals surface area contributed by atoms with Crippen LogP contribution >= 0.6 is 22.6 Å². The maximum atomic E-state index is 14.7. The van der Waals surface area contributed by atoms with Crippen molar-refractivity contribution in [3.8, 4) is 0 Å². The number of carbonyl (C=O) groups is 2. The molecule has 3 aromatic carbocycles. The quantitative estimate of drug-likeness (QED) is 0.146. The van der Waals surface area contributed by atoms with Crippen molar-refractivity contribution in [1.29, 1.82) is 0 Å². The minimum Gasteiger partial charge on any atom is -0.326 e. The fourth-order valence-corrected chi connectivity index (χ4v) is 4.36. The van der Waals surface area contributed by atoms with Gasteiger partial charge in [-0.3, -0.25) is 9.78 Å². The summed E-state index contributed by atoms with van der Waals surface area (Å²) in [6.07, 6.45) is -4.22. The summed E-state index contributed by atoms with van der Waals surface area (Å²) in [7, 11) is 0. The second kappa shape index (κ2) is 12.0. The number of carbonyl (C=O) groups excluding carboxylic acids is 2. The number of nitrogens with one attached hydrogen (secondary N) is 3.